The Balaban J connectivity index is 2.94. The number of rotatable bonds is 3. The number of benzene rings is 1. The van der Waals surface area contributed by atoms with Crippen LogP contribution in [0.2, 0.25) is 0 Å². The van der Waals surface area contributed by atoms with Gasteiger partial charge in [-0.05, 0) is 35.0 Å². The highest BCUT2D eigenvalue weighted by molar-refractivity contribution is 9.10. The highest BCUT2D eigenvalue weighted by Crippen LogP contribution is 2.17. The van der Waals surface area contributed by atoms with Gasteiger partial charge in [0, 0.05) is 11.0 Å². The largest absolute Gasteiger partial charge is 0.328 e. The van der Waals surface area contributed by atoms with E-state index < -0.39 is 0 Å². The summed E-state index contributed by atoms with van der Waals surface area (Å²) in [5, 5.41) is 0. The molecule has 0 N–H and O–H groups in total. The third-order valence-corrected chi connectivity index (χ3v) is 2.75. The molecule has 78 valence electrons. The van der Waals surface area contributed by atoms with Gasteiger partial charge in [0.05, 0.1) is 12.1 Å². The monoisotopic (exact) mass is 265 g/mol. The molecule has 0 heterocycles. The summed E-state index contributed by atoms with van der Waals surface area (Å²) in [5.74, 6) is 2.44. The van der Waals surface area contributed by atoms with Gasteiger partial charge in [0.1, 0.15) is 0 Å². The van der Waals surface area contributed by atoms with Crippen LogP contribution >= 0.6 is 15.9 Å². The summed E-state index contributed by atoms with van der Waals surface area (Å²) in [6.07, 6.45) is 5.20. The molecule has 0 spiro atoms. The van der Waals surface area contributed by atoms with Crippen molar-refractivity contribution in [2.75, 3.05) is 13.1 Å². The van der Waals surface area contributed by atoms with Crippen molar-refractivity contribution in [3.8, 4) is 12.3 Å². The summed E-state index contributed by atoms with van der Waals surface area (Å²) in [7, 11) is 0. The number of nitrogens with zero attached hydrogens (tertiary/aromatic N) is 1. The zero-order valence-corrected chi connectivity index (χ0v) is 10.1. The fourth-order valence-electron chi connectivity index (χ4n) is 1.24. The predicted molar refractivity (Wildman–Crippen MR) is 64.6 cm³/mol. The molecule has 1 amide bonds. The lowest BCUT2D eigenvalue weighted by atomic mass is 10.2. The van der Waals surface area contributed by atoms with Crippen LogP contribution in [-0.4, -0.2) is 23.9 Å². The van der Waals surface area contributed by atoms with Gasteiger partial charge >= 0.3 is 0 Å². The van der Waals surface area contributed by atoms with E-state index in [0.29, 0.717) is 18.7 Å². The summed E-state index contributed by atoms with van der Waals surface area (Å²) >= 11 is 3.35. The molecule has 1 rings (SSSR count). The number of terminal acetylenes is 1. The molecule has 3 heteroatoms. The molecule has 0 atom stereocenters. The molecule has 0 fully saturated rings. The first-order chi connectivity index (χ1) is 7.20. The van der Waals surface area contributed by atoms with Crippen LogP contribution in [0.3, 0.4) is 0 Å². The molecular formula is C12H12BrNO. The van der Waals surface area contributed by atoms with Gasteiger partial charge in [0.15, 0.2) is 0 Å². The average Bonchev–Trinajstić information content (AvgIpc) is 2.25. The van der Waals surface area contributed by atoms with Gasteiger partial charge < -0.3 is 4.90 Å². The van der Waals surface area contributed by atoms with E-state index >= 15 is 0 Å². The quantitative estimate of drug-likeness (QED) is 0.770. The van der Waals surface area contributed by atoms with E-state index in [2.05, 4.69) is 21.9 Å². The Kier molecular flexibility index (Phi) is 4.38. The third kappa shape index (κ3) is 2.84. The average molecular weight is 266 g/mol. The summed E-state index contributed by atoms with van der Waals surface area (Å²) in [6.45, 7) is 2.87. The minimum Gasteiger partial charge on any atom is -0.328 e. The molecule has 0 aromatic heterocycles. The van der Waals surface area contributed by atoms with Crippen LogP contribution in [0, 0.1) is 12.3 Å². The number of hydrogen-bond donors (Lipinski definition) is 0. The van der Waals surface area contributed by atoms with Crippen molar-refractivity contribution >= 4 is 21.8 Å². The Morgan fingerprint density at radius 2 is 2.20 bits per heavy atom. The molecule has 15 heavy (non-hydrogen) atoms. The summed E-state index contributed by atoms with van der Waals surface area (Å²) in [5.41, 5.74) is 0.648. The summed E-state index contributed by atoms with van der Waals surface area (Å²) < 4.78 is 0.797. The number of amides is 1. The van der Waals surface area contributed by atoms with Gasteiger partial charge in [-0.15, -0.1) is 6.42 Å². The summed E-state index contributed by atoms with van der Waals surface area (Å²) in [6, 6.07) is 7.34. The van der Waals surface area contributed by atoms with E-state index in [-0.39, 0.29) is 5.91 Å². The first-order valence-electron chi connectivity index (χ1n) is 4.68. The molecule has 1 aromatic rings. The Bertz CT molecular complexity index is 395. The lowest BCUT2D eigenvalue weighted by molar-refractivity contribution is 0.0784. The second-order valence-electron chi connectivity index (χ2n) is 3.00. The number of carbonyl (C=O) groups is 1. The van der Waals surface area contributed by atoms with Crippen LogP contribution in [0.15, 0.2) is 28.7 Å². The van der Waals surface area contributed by atoms with Gasteiger partial charge in [-0.3, -0.25) is 4.79 Å². The van der Waals surface area contributed by atoms with E-state index in [9.17, 15) is 4.79 Å². The topological polar surface area (TPSA) is 20.3 Å². The van der Waals surface area contributed by atoms with E-state index in [0.717, 1.165) is 4.47 Å². The lowest BCUT2D eigenvalue weighted by Gasteiger charge is -2.18. The molecule has 0 radical (unpaired) electrons. The smallest absolute Gasteiger partial charge is 0.255 e. The van der Waals surface area contributed by atoms with Crippen molar-refractivity contribution in [1.82, 2.24) is 4.90 Å². The minimum atomic E-state index is -0.0390. The van der Waals surface area contributed by atoms with Gasteiger partial charge in [0.25, 0.3) is 5.91 Å². The maximum absolute atomic E-state index is 12.0. The fourth-order valence-corrected chi connectivity index (χ4v) is 1.70. The van der Waals surface area contributed by atoms with Crippen LogP contribution in [0.5, 0.6) is 0 Å². The van der Waals surface area contributed by atoms with Crippen LogP contribution in [0.1, 0.15) is 17.3 Å². The van der Waals surface area contributed by atoms with Gasteiger partial charge in [-0.2, -0.15) is 0 Å². The fraction of sp³-hybridized carbons (Fsp3) is 0.250. The highest BCUT2D eigenvalue weighted by Gasteiger charge is 2.14. The number of halogens is 1. The molecule has 0 unspecified atom stereocenters. The molecule has 0 saturated heterocycles. The Labute approximate surface area is 98.4 Å². The van der Waals surface area contributed by atoms with Crippen molar-refractivity contribution < 1.29 is 4.79 Å². The van der Waals surface area contributed by atoms with E-state index in [1.54, 1.807) is 11.0 Å². The maximum Gasteiger partial charge on any atom is 0.255 e. The SMILES string of the molecule is C#CCN(CC)C(=O)c1ccccc1Br. The van der Waals surface area contributed by atoms with Crippen LogP contribution in [0.4, 0.5) is 0 Å². The van der Waals surface area contributed by atoms with Crippen molar-refractivity contribution in [2.45, 2.75) is 6.92 Å². The van der Waals surface area contributed by atoms with Crippen molar-refractivity contribution in [3.63, 3.8) is 0 Å². The number of hydrogen-bond acceptors (Lipinski definition) is 1. The Hall–Kier alpha value is -1.27. The molecule has 0 aliphatic carbocycles. The molecule has 0 bridgehead atoms. The lowest BCUT2D eigenvalue weighted by Crippen LogP contribution is -2.31. The van der Waals surface area contributed by atoms with Crippen molar-refractivity contribution in [3.05, 3.63) is 34.3 Å². The van der Waals surface area contributed by atoms with Gasteiger partial charge in [-0.25, -0.2) is 0 Å². The van der Waals surface area contributed by atoms with Gasteiger partial charge in [-0.1, -0.05) is 18.1 Å². The van der Waals surface area contributed by atoms with E-state index in [4.69, 9.17) is 6.42 Å². The molecule has 2 nitrogen and oxygen atoms in total. The predicted octanol–water partition coefficient (Wildman–Crippen LogP) is 2.54. The second kappa shape index (κ2) is 5.57. The molecular weight excluding hydrogens is 254 g/mol. The zero-order chi connectivity index (χ0) is 11.3. The van der Waals surface area contributed by atoms with E-state index in [1.165, 1.54) is 0 Å². The highest BCUT2D eigenvalue weighted by atomic mass is 79.9. The van der Waals surface area contributed by atoms with Crippen LogP contribution < -0.4 is 0 Å². The van der Waals surface area contributed by atoms with Crippen molar-refractivity contribution in [1.29, 1.82) is 0 Å². The maximum atomic E-state index is 12.0. The first-order valence-corrected chi connectivity index (χ1v) is 5.47. The number of carbonyl (C=O) groups excluding carboxylic acids is 1. The van der Waals surface area contributed by atoms with Crippen molar-refractivity contribution in [2.24, 2.45) is 0 Å². The first kappa shape index (κ1) is 11.8. The second-order valence-corrected chi connectivity index (χ2v) is 3.86. The minimum absolute atomic E-state index is 0.0390. The standard InChI is InChI=1S/C12H12BrNO/c1-3-9-14(4-2)12(15)10-7-5-6-8-11(10)13/h1,5-8H,4,9H2,2H3. The third-order valence-electron chi connectivity index (χ3n) is 2.06. The Morgan fingerprint density at radius 3 is 2.73 bits per heavy atom. The normalized spacial score (nSPS) is 9.40. The molecule has 0 saturated carbocycles. The molecule has 0 aliphatic heterocycles. The zero-order valence-electron chi connectivity index (χ0n) is 8.53. The van der Waals surface area contributed by atoms with Gasteiger partial charge in [0.2, 0.25) is 0 Å². The Morgan fingerprint density at radius 1 is 1.53 bits per heavy atom. The van der Waals surface area contributed by atoms with Crippen LogP contribution in [-0.2, 0) is 0 Å². The van der Waals surface area contributed by atoms with E-state index in [1.807, 2.05) is 25.1 Å². The molecule has 1 aromatic carbocycles. The van der Waals surface area contributed by atoms with Crippen LogP contribution in [0.25, 0.3) is 0 Å². The summed E-state index contributed by atoms with van der Waals surface area (Å²) in [4.78, 5) is 13.6. The molecule has 0 aliphatic rings.